The van der Waals surface area contributed by atoms with Crippen molar-refractivity contribution in [3.63, 3.8) is 0 Å². The summed E-state index contributed by atoms with van der Waals surface area (Å²) in [5, 5.41) is 3.20. The van der Waals surface area contributed by atoms with Crippen LogP contribution in [-0.4, -0.2) is 29.5 Å². The van der Waals surface area contributed by atoms with E-state index in [9.17, 15) is 4.79 Å². The summed E-state index contributed by atoms with van der Waals surface area (Å²) in [5.41, 5.74) is 2.79. The first kappa shape index (κ1) is 16.2. The van der Waals surface area contributed by atoms with Crippen molar-refractivity contribution in [1.29, 1.82) is 0 Å². The number of carbonyl (C=O) groups excluding carboxylic acids is 1. The average molecular weight is 326 g/mol. The lowest BCUT2D eigenvalue weighted by Crippen LogP contribution is -2.39. The zero-order valence-electron chi connectivity index (χ0n) is 14.7. The maximum Gasteiger partial charge on any atom is 0.235 e. The molecule has 126 valence electrons. The molecule has 0 spiro atoms. The van der Waals surface area contributed by atoms with Crippen LogP contribution in [0.1, 0.15) is 25.2 Å². The van der Waals surface area contributed by atoms with Crippen LogP contribution in [0.3, 0.4) is 0 Å². The Kier molecular flexibility index (Phi) is 3.91. The Hall–Kier alpha value is -2.63. The van der Waals surface area contributed by atoms with Crippen LogP contribution in [0.15, 0.2) is 24.3 Å². The summed E-state index contributed by atoms with van der Waals surface area (Å²) >= 11 is 0. The number of anilines is 3. The Morgan fingerprint density at radius 3 is 2.50 bits per heavy atom. The predicted molar refractivity (Wildman–Crippen MR) is 93.9 cm³/mol. The largest absolute Gasteiger partial charge is 0.490 e. The molecule has 6 heteroatoms. The minimum Gasteiger partial charge on any atom is -0.490 e. The van der Waals surface area contributed by atoms with Crippen LogP contribution >= 0.6 is 0 Å². The number of carbonyl (C=O) groups is 1. The SMILES string of the molecule is Cc1cc(C)nc(Nc2ccc3c(c2)N(C)C(=O)C(C)(C)CO3)n1. The van der Waals surface area contributed by atoms with Gasteiger partial charge in [0.2, 0.25) is 11.9 Å². The van der Waals surface area contributed by atoms with Gasteiger partial charge in [-0.3, -0.25) is 4.79 Å². The van der Waals surface area contributed by atoms with Gasteiger partial charge in [0, 0.05) is 24.1 Å². The third-order valence-electron chi connectivity index (χ3n) is 4.03. The van der Waals surface area contributed by atoms with Gasteiger partial charge in [0.25, 0.3) is 0 Å². The highest BCUT2D eigenvalue weighted by Crippen LogP contribution is 2.37. The van der Waals surface area contributed by atoms with Crippen LogP contribution in [0.25, 0.3) is 0 Å². The minimum absolute atomic E-state index is 0.0288. The molecule has 1 aromatic heterocycles. The van der Waals surface area contributed by atoms with Gasteiger partial charge in [-0.2, -0.15) is 0 Å². The third-order valence-corrected chi connectivity index (χ3v) is 4.03. The maximum absolute atomic E-state index is 12.6. The Balaban J connectivity index is 1.94. The zero-order valence-corrected chi connectivity index (χ0v) is 14.7. The van der Waals surface area contributed by atoms with Crippen molar-refractivity contribution in [2.24, 2.45) is 5.41 Å². The van der Waals surface area contributed by atoms with Crippen LogP contribution in [0, 0.1) is 19.3 Å². The van der Waals surface area contributed by atoms with Crippen LogP contribution in [0.5, 0.6) is 5.75 Å². The lowest BCUT2D eigenvalue weighted by Gasteiger charge is -2.24. The maximum atomic E-state index is 12.6. The average Bonchev–Trinajstić information content (AvgIpc) is 2.58. The Morgan fingerprint density at radius 2 is 1.83 bits per heavy atom. The van der Waals surface area contributed by atoms with Gasteiger partial charge >= 0.3 is 0 Å². The Labute approximate surface area is 141 Å². The number of hydrogen-bond donors (Lipinski definition) is 1. The monoisotopic (exact) mass is 326 g/mol. The molecule has 1 aromatic carbocycles. The molecule has 2 aromatic rings. The highest BCUT2D eigenvalue weighted by molar-refractivity contribution is 5.99. The van der Waals surface area contributed by atoms with Crippen molar-refractivity contribution in [1.82, 2.24) is 9.97 Å². The van der Waals surface area contributed by atoms with Crippen molar-refractivity contribution < 1.29 is 9.53 Å². The van der Waals surface area contributed by atoms with Crippen LogP contribution in [-0.2, 0) is 4.79 Å². The third kappa shape index (κ3) is 3.04. The molecule has 0 radical (unpaired) electrons. The van der Waals surface area contributed by atoms with Gasteiger partial charge in [-0.05, 0) is 52.0 Å². The molecule has 0 fully saturated rings. The van der Waals surface area contributed by atoms with Gasteiger partial charge in [-0.1, -0.05) is 0 Å². The molecule has 6 nitrogen and oxygen atoms in total. The molecule has 24 heavy (non-hydrogen) atoms. The highest BCUT2D eigenvalue weighted by Gasteiger charge is 2.36. The summed E-state index contributed by atoms with van der Waals surface area (Å²) in [6, 6.07) is 7.57. The van der Waals surface area contributed by atoms with Gasteiger partial charge in [0.15, 0.2) is 0 Å². The summed E-state index contributed by atoms with van der Waals surface area (Å²) in [7, 11) is 1.77. The number of nitrogens with one attached hydrogen (secondary N) is 1. The normalized spacial score (nSPS) is 16.2. The molecular formula is C18H22N4O2. The second-order valence-corrected chi connectivity index (χ2v) is 6.82. The van der Waals surface area contributed by atoms with E-state index in [2.05, 4.69) is 15.3 Å². The molecule has 0 saturated heterocycles. The van der Waals surface area contributed by atoms with E-state index in [1.807, 2.05) is 52.0 Å². The molecule has 1 aliphatic rings. The van der Waals surface area contributed by atoms with E-state index in [1.54, 1.807) is 11.9 Å². The fraction of sp³-hybridized carbons (Fsp3) is 0.389. The molecule has 1 amide bonds. The number of hydrogen-bond acceptors (Lipinski definition) is 5. The van der Waals surface area contributed by atoms with E-state index in [0.29, 0.717) is 18.3 Å². The lowest BCUT2D eigenvalue weighted by molar-refractivity contribution is -0.127. The van der Waals surface area contributed by atoms with Gasteiger partial charge in [0.1, 0.15) is 12.4 Å². The zero-order chi connectivity index (χ0) is 17.5. The molecule has 0 atom stereocenters. The summed E-state index contributed by atoms with van der Waals surface area (Å²) in [6.07, 6.45) is 0. The first-order valence-corrected chi connectivity index (χ1v) is 7.90. The van der Waals surface area contributed by atoms with Gasteiger partial charge in [-0.25, -0.2) is 9.97 Å². The number of amides is 1. The number of aryl methyl sites for hydroxylation is 2. The van der Waals surface area contributed by atoms with Gasteiger partial charge < -0.3 is 15.0 Å². The molecule has 1 aliphatic heterocycles. The van der Waals surface area contributed by atoms with E-state index in [-0.39, 0.29) is 5.91 Å². The molecule has 0 unspecified atom stereocenters. The van der Waals surface area contributed by atoms with E-state index < -0.39 is 5.41 Å². The fourth-order valence-electron chi connectivity index (χ4n) is 2.77. The quantitative estimate of drug-likeness (QED) is 0.918. The summed E-state index contributed by atoms with van der Waals surface area (Å²) in [6.45, 7) is 8.00. The summed E-state index contributed by atoms with van der Waals surface area (Å²) in [4.78, 5) is 23.0. The van der Waals surface area contributed by atoms with Crippen LogP contribution in [0.2, 0.25) is 0 Å². The highest BCUT2D eigenvalue weighted by atomic mass is 16.5. The Morgan fingerprint density at radius 1 is 1.17 bits per heavy atom. The number of aromatic nitrogens is 2. The molecule has 3 rings (SSSR count). The van der Waals surface area contributed by atoms with E-state index >= 15 is 0 Å². The van der Waals surface area contributed by atoms with Crippen molar-refractivity contribution in [2.45, 2.75) is 27.7 Å². The topological polar surface area (TPSA) is 67.4 Å². The second kappa shape index (κ2) is 5.78. The summed E-state index contributed by atoms with van der Waals surface area (Å²) in [5.74, 6) is 1.26. The lowest BCUT2D eigenvalue weighted by atomic mass is 9.93. The van der Waals surface area contributed by atoms with Crippen LogP contribution in [0.4, 0.5) is 17.3 Å². The number of fused-ring (bicyclic) bond motifs is 1. The first-order valence-electron chi connectivity index (χ1n) is 7.90. The van der Waals surface area contributed by atoms with Crippen molar-refractivity contribution in [3.05, 3.63) is 35.7 Å². The van der Waals surface area contributed by atoms with E-state index in [1.165, 1.54) is 0 Å². The molecule has 0 aliphatic carbocycles. The first-order chi connectivity index (χ1) is 11.3. The van der Waals surface area contributed by atoms with Gasteiger partial charge in [-0.15, -0.1) is 0 Å². The fourth-order valence-corrected chi connectivity index (χ4v) is 2.77. The number of nitrogens with zero attached hydrogens (tertiary/aromatic N) is 3. The molecular weight excluding hydrogens is 304 g/mol. The smallest absolute Gasteiger partial charge is 0.235 e. The van der Waals surface area contributed by atoms with Crippen LogP contribution < -0.4 is 15.0 Å². The van der Waals surface area contributed by atoms with E-state index in [0.717, 1.165) is 22.8 Å². The van der Waals surface area contributed by atoms with Crippen molar-refractivity contribution in [3.8, 4) is 5.75 Å². The van der Waals surface area contributed by atoms with Crippen molar-refractivity contribution in [2.75, 3.05) is 23.9 Å². The Bertz CT molecular complexity index is 781. The number of rotatable bonds is 2. The predicted octanol–water partition coefficient (Wildman–Crippen LogP) is 3.22. The summed E-state index contributed by atoms with van der Waals surface area (Å²) < 4.78 is 5.83. The molecule has 1 N–H and O–H groups in total. The van der Waals surface area contributed by atoms with Gasteiger partial charge in [0.05, 0.1) is 11.1 Å². The number of benzene rings is 1. The standard InChI is InChI=1S/C18H22N4O2/c1-11-8-12(2)20-17(19-11)21-13-6-7-15-14(9-13)22(5)16(23)18(3,4)10-24-15/h6-9H,10H2,1-5H3,(H,19,20,21). The molecule has 2 heterocycles. The number of ether oxygens (including phenoxy) is 1. The van der Waals surface area contributed by atoms with Crippen molar-refractivity contribution >= 4 is 23.2 Å². The molecule has 0 saturated carbocycles. The minimum atomic E-state index is -0.557. The molecule has 0 bridgehead atoms. The second-order valence-electron chi connectivity index (χ2n) is 6.82. The van der Waals surface area contributed by atoms with E-state index in [4.69, 9.17) is 4.74 Å².